The smallest absolute Gasteiger partial charge is 0.273 e. The first-order valence-electron chi connectivity index (χ1n) is 8.66. The SMILES string of the molecule is O=C(NCCNc1cccc2ccccc12)c1ncc2cccnc2c1O. The zero-order valence-electron chi connectivity index (χ0n) is 14.5. The van der Waals surface area contributed by atoms with E-state index in [4.69, 9.17) is 0 Å². The number of carbonyl (C=O) groups excluding carboxylic acids is 1. The van der Waals surface area contributed by atoms with Gasteiger partial charge in [-0.2, -0.15) is 0 Å². The maximum Gasteiger partial charge on any atom is 0.273 e. The monoisotopic (exact) mass is 358 g/mol. The van der Waals surface area contributed by atoms with Crippen LogP contribution in [0.25, 0.3) is 21.7 Å². The number of nitrogens with zero attached hydrogens (tertiary/aromatic N) is 2. The molecule has 3 N–H and O–H groups in total. The van der Waals surface area contributed by atoms with Gasteiger partial charge >= 0.3 is 0 Å². The molecule has 134 valence electrons. The van der Waals surface area contributed by atoms with E-state index in [1.54, 1.807) is 18.3 Å². The summed E-state index contributed by atoms with van der Waals surface area (Å²) in [5.74, 6) is -0.632. The van der Waals surface area contributed by atoms with Gasteiger partial charge in [0.1, 0.15) is 5.52 Å². The number of aromatic hydroxyl groups is 1. The van der Waals surface area contributed by atoms with Crippen molar-refractivity contribution >= 4 is 33.3 Å². The van der Waals surface area contributed by atoms with Gasteiger partial charge in [0.2, 0.25) is 0 Å². The van der Waals surface area contributed by atoms with E-state index in [2.05, 4.69) is 38.8 Å². The molecule has 2 aromatic heterocycles. The predicted molar refractivity (Wildman–Crippen MR) is 106 cm³/mol. The van der Waals surface area contributed by atoms with Crippen molar-refractivity contribution in [3.8, 4) is 5.75 Å². The molecule has 0 aliphatic heterocycles. The molecule has 0 saturated carbocycles. The number of benzene rings is 2. The largest absolute Gasteiger partial charge is 0.504 e. The minimum atomic E-state index is -0.431. The van der Waals surface area contributed by atoms with Gasteiger partial charge < -0.3 is 15.7 Å². The van der Waals surface area contributed by atoms with Gasteiger partial charge in [-0.1, -0.05) is 36.4 Å². The van der Waals surface area contributed by atoms with Gasteiger partial charge in [-0.15, -0.1) is 0 Å². The highest BCUT2D eigenvalue weighted by Crippen LogP contribution is 2.24. The number of fused-ring (bicyclic) bond motifs is 2. The molecule has 0 atom stereocenters. The van der Waals surface area contributed by atoms with Crippen LogP contribution in [-0.4, -0.2) is 34.1 Å². The Morgan fingerprint density at radius 3 is 2.67 bits per heavy atom. The number of carbonyl (C=O) groups is 1. The third-order valence-corrected chi connectivity index (χ3v) is 4.35. The zero-order chi connectivity index (χ0) is 18.6. The van der Waals surface area contributed by atoms with Crippen LogP contribution in [0.5, 0.6) is 5.75 Å². The number of anilines is 1. The minimum absolute atomic E-state index is 0.0219. The number of rotatable bonds is 5. The summed E-state index contributed by atoms with van der Waals surface area (Å²) >= 11 is 0. The quantitative estimate of drug-likeness (QED) is 0.476. The number of pyridine rings is 2. The normalized spacial score (nSPS) is 10.8. The molecule has 27 heavy (non-hydrogen) atoms. The zero-order valence-corrected chi connectivity index (χ0v) is 14.5. The first-order chi connectivity index (χ1) is 13.2. The van der Waals surface area contributed by atoms with Crippen molar-refractivity contribution in [1.82, 2.24) is 15.3 Å². The van der Waals surface area contributed by atoms with E-state index >= 15 is 0 Å². The molecule has 0 spiro atoms. The molecule has 0 fully saturated rings. The highest BCUT2D eigenvalue weighted by molar-refractivity contribution is 6.00. The summed E-state index contributed by atoms with van der Waals surface area (Å²) in [5.41, 5.74) is 1.36. The minimum Gasteiger partial charge on any atom is -0.504 e. The van der Waals surface area contributed by atoms with Crippen LogP contribution >= 0.6 is 0 Å². The van der Waals surface area contributed by atoms with Crippen molar-refractivity contribution in [3.05, 3.63) is 72.7 Å². The Balaban J connectivity index is 1.41. The van der Waals surface area contributed by atoms with Crippen LogP contribution in [0.4, 0.5) is 5.69 Å². The number of hydrogen-bond donors (Lipinski definition) is 3. The van der Waals surface area contributed by atoms with Crippen LogP contribution in [0, 0.1) is 0 Å². The van der Waals surface area contributed by atoms with Crippen LogP contribution in [0.3, 0.4) is 0 Å². The fourth-order valence-corrected chi connectivity index (χ4v) is 3.03. The van der Waals surface area contributed by atoms with E-state index in [-0.39, 0.29) is 11.4 Å². The molecule has 2 aromatic carbocycles. The molecule has 0 radical (unpaired) electrons. The fourth-order valence-electron chi connectivity index (χ4n) is 3.03. The third-order valence-electron chi connectivity index (χ3n) is 4.35. The topological polar surface area (TPSA) is 87.1 Å². The lowest BCUT2D eigenvalue weighted by atomic mass is 10.1. The Labute approximate surface area is 155 Å². The van der Waals surface area contributed by atoms with E-state index in [9.17, 15) is 9.90 Å². The molecule has 6 heteroatoms. The van der Waals surface area contributed by atoms with Crippen molar-refractivity contribution in [2.24, 2.45) is 0 Å². The standard InChI is InChI=1S/C21H18N4O2/c26-20-18-15(7-4-10-23-18)13-25-19(20)21(27)24-12-11-22-17-9-3-6-14-5-1-2-8-16(14)17/h1-10,13,22,26H,11-12H2,(H,24,27). The van der Waals surface area contributed by atoms with Crippen LogP contribution in [0.2, 0.25) is 0 Å². The predicted octanol–water partition coefficient (Wildman–Crippen LogP) is 3.33. The van der Waals surface area contributed by atoms with E-state index < -0.39 is 5.91 Å². The first-order valence-corrected chi connectivity index (χ1v) is 8.66. The fraction of sp³-hybridized carbons (Fsp3) is 0.0952. The van der Waals surface area contributed by atoms with Gasteiger partial charge in [0, 0.05) is 41.9 Å². The highest BCUT2D eigenvalue weighted by atomic mass is 16.3. The Morgan fingerprint density at radius 2 is 1.74 bits per heavy atom. The molecule has 0 aliphatic carbocycles. The number of aromatic nitrogens is 2. The Bertz CT molecular complexity index is 1120. The molecular formula is C21H18N4O2. The second-order valence-corrected chi connectivity index (χ2v) is 6.11. The van der Waals surface area contributed by atoms with Crippen molar-refractivity contribution in [2.75, 3.05) is 18.4 Å². The van der Waals surface area contributed by atoms with E-state index in [0.29, 0.717) is 24.0 Å². The maximum absolute atomic E-state index is 12.3. The second kappa shape index (κ2) is 7.29. The summed E-state index contributed by atoms with van der Waals surface area (Å²) in [4.78, 5) is 20.5. The molecule has 0 saturated heterocycles. The van der Waals surface area contributed by atoms with Gasteiger partial charge in [-0.05, 0) is 23.6 Å². The van der Waals surface area contributed by atoms with Crippen molar-refractivity contribution in [2.45, 2.75) is 0 Å². The summed E-state index contributed by atoms with van der Waals surface area (Å²) in [6.07, 6.45) is 3.10. The van der Waals surface area contributed by atoms with Gasteiger partial charge in [0.25, 0.3) is 5.91 Å². The van der Waals surface area contributed by atoms with Crippen molar-refractivity contribution in [3.63, 3.8) is 0 Å². The lowest BCUT2D eigenvalue weighted by Gasteiger charge is -2.11. The average molecular weight is 358 g/mol. The molecule has 0 aliphatic rings. The van der Waals surface area contributed by atoms with Gasteiger partial charge in [0.05, 0.1) is 0 Å². The summed E-state index contributed by atoms with van der Waals surface area (Å²) in [6.45, 7) is 0.940. The van der Waals surface area contributed by atoms with Crippen LogP contribution in [-0.2, 0) is 0 Å². The summed E-state index contributed by atoms with van der Waals surface area (Å²) in [5, 5.41) is 19.3. The Kier molecular flexibility index (Phi) is 4.53. The molecule has 0 bridgehead atoms. The van der Waals surface area contributed by atoms with Gasteiger partial charge in [-0.3, -0.25) is 9.78 Å². The second-order valence-electron chi connectivity index (χ2n) is 6.11. The molecule has 2 heterocycles. The van der Waals surface area contributed by atoms with Crippen molar-refractivity contribution < 1.29 is 9.90 Å². The molecule has 4 aromatic rings. The van der Waals surface area contributed by atoms with E-state index in [1.807, 2.05) is 24.3 Å². The van der Waals surface area contributed by atoms with Crippen LogP contribution in [0.15, 0.2) is 67.0 Å². The van der Waals surface area contributed by atoms with E-state index in [1.165, 1.54) is 6.20 Å². The molecule has 1 amide bonds. The Morgan fingerprint density at radius 1 is 0.926 bits per heavy atom. The number of nitrogens with one attached hydrogen (secondary N) is 2. The molecule has 6 nitrogen and oxygen atoms in total. The summed E-state index contributed by atoms with van der Waals surface area (Å²) in [7, 11) is 0. The molecule has 0 unspecified atom stereocenters. The van der Waals surface area contributed by atoms with Crippen molar-refractivity contribution in [1.29, 1.82) is 0 Å². The molecule has 4 rings (SSSR count). The lowest BCUT2D eigenvalue weighted by molar-refractivity contribution is 0.0947. The average Bonchev–Trinajstić information content (AvgIpc) is 2.71. The highest BCUT2D eigenvalue weighted by Gasteiger charge is 2.15. The third kappa shape index (κ3) is 3.37. The van der Waals surface area contributed by atoms with Crippen LogP contribution < -0.4 is 10.6 Å². The molecular weight excluding hydrogens is 340 g/mol. The lowest BCUT2D eigenvalue weighted by Crippen LogP contribution is -2.29. The summed E-state index contributed by atoms with van der Waals surface area (Å²) in [6, 6.07) is 17.7. The van der Waals surface area contributed by atoms with E-state index in [0.717, 1.165) is 16.5 Å². The number of amides is 1. The summed E-state index contributed by atoms with van der Waals surface area (Å²) < 4.78 is 0. The van der Waals surface area contributed by atoms with Crippen LogP contribution in [0.1, 0.15) is 10.5 Å². The maximum atomic E-state index is 12.3. The van der Waals surface area contributed by atoms with Gasteiger partial charge in [-0.25, -0.2) is 4.98 Å². The first kappa shape index (κ1) is 16.8. The van der Waals surface area contributed by atoms with Gasteiger partial charge in [0.15, 0.2) is 11.4 Å². The Hall–Kier alpha value is -3.67. The number of hydrogen-bond acceptors (Lipinski definition) is 5.